The predicted octanol–water partition coefficient (Wildman–Crippen LogP) is 3.28. The zero-order chi connectivity index (χ0) is 10.7. The number of rotatable bonds is 1. The summed E-state index contributed by atoms with van der Waals surface area (Å²) in [4.78, 5) is 12.1. The molecule has 0 aliphatic heterocycles. The van der Waals surface area contributed by atoms with Gasteiger partial charge in [-0.15, -0.1) is 0 Å². The lowest BCUT2D eigenvalue weighted by molar-refractivity contribution is -0.128. The maximum absolute atomic E-state index is 12.1. The van der Waals surface area contributed by atoms with Gasteiger partial charge in [0.25, 0.3) is 0 Å². The van der Waals surface area contributed by atoms with Crippen LogP contribution in [0.5, 0.6) is 0 Å². The quantitative estimate of drug-likeness (QED) is 0.608. The van der Waals surface area contributed by atoms with Gasteiger partial charge in [-0.1, -0.05) is 48.5 Å². The Morgan fingerprint density at radius 3 is 1.38 bits per heavy atom. The van der Waals surface area contributed by atoms with Crippen molar-refractivity contribution in [1.82, 2.24) is 0 Å². The molecule has 0 aromatic rings. The number of carbonyl (C=O) groups is 1. The Labute approximate surface area is 81.9 Å². The minimum Gasteiger partial charge on any atom is -0.299 e. The summed E-state index contributed by atoms with van der Waals surface area (Å²) >= 11 is 0. The van der Waals surface area contributed by atoms with Gasteiger partial charge in [0.05, 0.1) is 0 Å². The van der Waals surface area contributed by atoms with E-state index in [9.17, 15) is 4.79 Å². The summed E-state index contributed by atoms with van der Waals surface area (Å²) in [6.07, 6.45) is 0. The van der Waals surface area contributed by atoms with E-state index < -0.39 is 0 Å². The van der Waals surface area contributed by atoms with E-state index in [1.807, 2.05) is 20.8 Å². The van der Waals surface area contributed by atoms with Gasteiger partial charge in [0, 0.05) is 11.3 Å². The van der Waals surface area contributed by atoms with Crippen LogP contribution in [0.2, 0.25) is 0 Å². The molecule has 13 heavy (non-hydrogen) atoms. The first-order chi connectivity index (χ1) is 5.53. The first kappa shape index (κ1) is 10.7. The Morgan fingerprint density at radius 1 is 1.00 bits per heavy atom. The highest BCUT2D eigenvalue weighted by atomic mass is 16.1. The topological polar surface area (TPSA) is 17.1 Å². The molecule has 0 amide bonds. The van der Waals surface area contributed by atoms with Crippen LogP contribution < -0.4 is 0 Å². The summed E-state index contributed by atoms with van der Waals surface area (Å²) in [5.41, 5.74) is 0.199. The van der Waals surface area contributed by atoms with Gasteiger partial charge < -0.3 is 0 Å². The zero-order valence-electron chi connectivity index (χ0n) is 9.99. The zero-order valence-corrected chi connectivity index (χ0v) is 9.99. The normalized spacial score (nSPS) is 25.8. The largest absolute Gasteiger partial charge is 0.299 e. The van der Waals surface area contributed by atoms with Gasteiger partial charge in [0.15, 0.2) is 0 Å². The molecule has 0 heterocycles. The van der Waals surface area contributed by atoms with Crippen LogP contribution >= 0.6 is 0 Å². The van der Waals surface area contributed by atoms with E-state index in [4.69, 9.17) is 0 Å². The molecule has 76 valence electrons. The first-order valence-corrected chi connectivity index (χ1v) is 5.07. The maximum Gasteiger partial charge on any atom is 0.142 e. The van der Waals surface area contributed by atoms with Gasteiger partial charge in [0.1, 0.15) is 5.78 Å². The molecule has 0 aromatic carbocycles. The van der Waals surface area contributed by atoms with Crippen molar-refractivity contribution >= 4 is 5.78 Å². The number of ketones is 1. The SMILES string of the molecule is CC(C)(C)C(=O)C1C(C)(C)C1(C)C. The minimum atomic E-state index is -0.185. The number of Topliss-reactive ketones (excluding diaryl/α,β-unsaturated/α-hetero) is 1. The fraction of sp³-hybridized carbons (Fsp3) is 0.917. The molecule has 0 N–H and O–H groups in total. The molecule has 0 spiro atoms. The minimum absolute atomic E-state index is 0.185. The van der Waals surface area contributed by atoms with Crippen molar-refractivity contribution in [1.29, 1.82) is 0 Å². The van der Waals surface area contributed by atoms with Gasteiger partial charge in [-0.05, 0) is 10.8 Å². The molecule has 0 unspecified atom stereocenters. The van der Waals surface area contributed by atoms with Gasteiger partial charge in [-0.25, -0.2) is 0 Å². The fourth-order valence-corrected chi connectivity index (χ4v) is 2.28. The van der Waals surface area contributed by atoms with Crippen LogP contribution in [-0.4, -0.2) is 5.78 Å². The highest BCUT2D eigenvalue weighted by Crippen LogP contribution is 2.69. The van der Waals surface area contributed by atoms with Crippen molar-refractivity contribution in [2.24, 2.45) is 22.2 Å². The lowest BCUT2D eigenvalue weighted by atomic mass is 9.85. The van der Waals surface area contributed by atoms with Crippen LogP contribution in [0.1, 0.15) is 48.5 Å². The van der Waals surface area contributed by atoms with Crippen LogP contribution in [0.25, 0.3) is 0 Å². The van der Waals surface area contributed by atoms with Gasteiger partial charge in [0.2, 0.25) is 0 Å². The molecule has 1 saturated carbocycles. The molecule has 0 aromatic heterocycles. The number of hydrogen-bond donors (Lipinski definition) is 0. The summed E-state index contributed by atoms with van der Waals surface area (Å²) < 4.78 is 0. The summed E-state index contributed by atoms with van der Waals surface area (Å²) in [6.45, 7) is 14.8. The van der Waals surface area contributed by atoms with Gasteiger partial charge >= 0.3 is 0 Å². The molecule has 1 nitrogen and oxygen atoms in total. The Morgan fingerprint density at radius 2 is 1.31 bits per heavy atom. The van der Waals surface area contributed by atoms with Gasteiger partial charge in [-0.2, -0.15) is 0 Å². The van der Waals surface area contributed by atoms with Crippen molar-refractivity contribution < 1.29 is 4.79 Å². The molecule has 0 bridgehead atoms. The number of carbonyl (C=O) groups excluding carboxylic acids is 1. The molecule has 0 radical (unpaired) electrons. The second-order valence-electron chi connectivity index (χ2n) is 6.49. The highest BCUT2D eigenvalue weighted by Gasteiger charge is 2.68. The molecule has 1 heteroatoms. The van der Waals surface area contributed by atoms with E-state index in [-0.39, 0.29) is 22.2 Å². The average Bonchev–Trinajstić information content (AvgIpc) is 2.21. The Balaban J connectivity index is 2.86. The van der Waals surface area contributed by atoms with E-state index in [0.29, 0.717) is 5.78 Å². The molecule has 0 saturated heterocycles. The molecule has 1 rings (SSSR count). The third-order valence-corrected chi connectivity index (χ3v) is 4.02. The lowest BCUT2D eigenvalue weighted by Crippen LogP contribution is -2.24. The van der Waals surface area contributed by atoms with E-state index in [0.717, 1.165) is 0 Å². The average molecular weight is 182 g/mol. The summed E-state index contributed by atoms with van der Waals surface area (Å²) in [5, 5.41) is 0. The van der Waals surface area contributed by atoms with Crippen molar-refractivity contribution in [2.75, 3.05) is 0 Å². The highest BCUT2D eigenvalue weighted by molar-refractivity contribution is 5.90. The molecule has 1 fully saturated rings. The fourth-order valence-electron chi connectivity index (χ4n) is 2.28. The second kappa shape index (κ2) is 2.37. The van der Waals surface area contributed by atoms with E-state index in [2.05, 4.69) is 27.7 Å². The Kier molecular flexibility index (Phi) is 1.96. The number of hydrogen-bond acceptors (Lipinski definition) is 1. The van der Waals surface area contributed by atoms with Crippen molar-refractivity contribution in [3.63, 3.8) is 0 Å². The predicted molar refractivity (Wildman–Crippen MR) is 55.5 cm³/mol. The third-order valence-electron chi connectivity index (χ3n) is 4.02. The summed E-state index contributed by atoms with van der Waals surface area (Å²) in [7, 11) is 0. The Bertz CT molecular complexity index is 226. The lowest BCUT2D eigenvalue weighted by Gasteiger charge is -2.17. The molecule has 1 aliphatic carbocycles. The first-order valence-electron chi connectivity index (χ1n) is 5.07. The van der Waals surface area contributed by atoms with Gasteiger partial charge in [-0.3, -0.25) is 4.79 Å². The molecular formula is C12H22O. The Hall–Kier alpha value is -0.330. The van der Waals surface area contributed by atoms with Crippen molar-refractivity contribution in [3.05, 3.63) is 0 Å². The third kappa shape index (κ3) is 1.33. The summed E-state index contributed by atoms with van der Waals surface area (Å²) in [6, 6.07) is 0. The van der Waals surface area contributed by atoms with Crippen LogP contribution in [0.15, 0.2) is 0 Å². The monoisotopic (exact) mass is 182 g/mol. The molecule has 1 aliphatic rings. The second-order valence-corrected chi connectivity index (χ2v) is 6.49. The van der Waals surface area contributed by atoms with Crippen LogP contribution in [0, 0.1) is 22.2 Å². The van der Waals surface area contributed by atoms with Crippen LogP contribution in [-0.2, 0) is 4.79 Å². The molecular weight excluding hydrogens is 160 g/mol. The summed E-state index contributed by atoms with van der Waals surface area (Å²) in [5.74, 6) is 0.669. The van der Waals surface area contributed by atoms with Crippen LogP contribution in [0.3, 0.4) is 0 Å². The van der Waals surface area contributed by atoms with Crippen LogP contribution in [0.4, 0.5) is 0 Å². The van der Waals surface area contributed by atoms with E-state index >= 15 is 0 Å². The van der Waals surface area contributed by atoms with E-state index in [1.165, 1.54) is 0 Å². The van der Waals surface area contributed by atoms with Crippen molar-refractivity contribution in [3.8, 4) is 0 Å². The van der Waals surface area contributed by atoms with Crippen molar-refractivity contribution in [2.45, 2.75) is 48.5 Å². The molecule has 0 atom stereocenters. The standard InChI is InChI=1S/C12H22O/c1-10(2,3)9(13)8-11(4,5)12(8,6)7/h8H,1-7H3. The smallest absolute Gasteiger partial charge is 0.142 e. The van der Waals surface area contributed by atoms with E-state index in [1.54, 1.807) is 0 Å². The maximum atomic E-state index is 12.1.